The number of fused-ring (bicyclic) bond motifs is 1. The smallest absolute Gasteiger partial charge is 0.259 e. The van der Waals surface area contributed by atoms with E-state index in [1.54, 1.807) is 63.5 Å². The van der Waals surface area contributed by atoms with Crippen molar-refractivity contribution in [1.29, 1.82) is 0 Å². The molecule has 0 saturated heterocycles. The fourth-order valence-corrected chi connectivity index (χ4v) is 2.93. The van der Waals surface area contributed by atoms with Crippen LogP contribution in [0.3, 0.4) is 0 Å². The number of carbonyl (C=O) groups is 2. The van der Waals surface area contributed by atoms with Crippen molar-refractivity contribution < 1.29 is 23.3 Å². The van der Waals surface area contributed by atoms with Gasteiger partial charge in [-0.3, -0.25) is 9.59 Å². The Labute approximate surface area is 177 Å². The van der Waals surface area contributed by atoms with Crippen LogP contribution in [0.2, 0.25) is 0 Å². The number of aromatic nitrogens is 2. The molecule has 3 aromatic heterocycles. The van der Waals surface area contributed by atoms with Crippen molar-refractivity contribution in [2.45, 2.75) is 6.92 Å². The predicted octanol–water partition coefficient (Wildman–Crippen LogP) is 3.51. The van der Waals surface area contributed by atoms with E-state index in [4.69, 9.17) is 13.7 Å². The number of anilines is 1. The van der Waals surface area contributed by atoms with Gasteiger partial charge in [0.05, 0.1) is 22.9 Å². The molecule has 4 rings (SSSR count). The Bertz CT molecular complexity index is 1230. The molecule has 0 fully saturated rings. The van der Waals surface area contributed by atoms with Crippen LogP contribution >= 0.6 is 0 Å². The lowest BCUT2D eigenvalue weighted by Crippen LogP contribution is -2.27. The van der Waals surface area contributed by atoms with Crippen LogP contribution in [0.25, 0.3) is 22.6 Å². The zero-order valence-electron chi connectivity index (χ0n) is 17.2. The summed E-state index contributed by atoms with van der Waals surface area (Å²) in [5.41, 5.74) is 2.22. The second kappa shape index (κ2) is 8.31. The van der Waals surface area contributed by atoms with Gasteiger partial charge in [0.25, 0.3) is 17.5 Å². The third-order valence-corrected chi connectivity index (χ3v) is 4.61. The van der Waals surface area contributed by atoms with Crippen LogP contribution in [0.4, 0.5) is 5.69 Å². The van der Waals surface area contributed by atoms with Crippen LogP contribution in [0, 0.1) is 6.92 Å². The Morgan fingerprint density at radius 3 is 2.61 bits per heavy atom. The van der Waals surface area contributed by atoms with Crippen molar-refractivity contribution in [3.8, 4) is 17.2 Å². The summed E-state index contributed by atoms with van der Waals surface area (Å²) in [6, 6.07) is 11.9. The van der Waals surface area contributed by atoms with Gasteiger partial charge in [-0.25, -0.2) is 4.98 Å². The van der Waals surface area contributed by atoms with Crippen LogP contribution in [0.1, 0.15) is 16.1 Å². The normalized spacial score (nSPS) is 10.8. The van der Waals surface area contributed by atoms with Crippen molar-refractivity contribution in [2.75, 3.05) is 26.0 Å². The maximum Gasteiger partial charge on any atom is 0.259 e. The van der Waals surface area contributed by atoms with Crippen molar-refractivity contribution in [3.63, 3.8) is 0 Å². The number of aryl methyl sites for hydroxylation is 1. The van der Waals surface area contributed by atoms with Gasteiger partial charge in [0.15, 0.2) is 12.4 Å². The van der Waals surface area contributed by atoms with E-state index in [0.29, 0.717) is 39.5 Å². The first-order valence-electron chi connectivity index (χ1n) is 9.47. The Balaban J connectivity index is 1.56. The Kier molecular flexibility index (Phi) is 5.40. The largest absolute Gasteiger partial charge is 0.484 e. The fraction of sp³-hybridized carbons (Fsp3) is 0.182. The number of hydrogen-bond acceptors (Lipinski definition) is 7. The highest BCUT2D eigenvalue weighted by Gasteiger charge is 2.20. The van der Waals surface area contributed by atoms with Gasteiger partial charge in [-0.1, -0.05) is 5.16 Å². The number of nitrogens with one attached hydrogen (secondary N) is 1. The first kappa shape index (κ1) is 20.1. The molecule has 0 aliphatic heterocycles. The van der Waals surface area contributed by atoms with E-state index in [1.165, 1.54) is 11.2 Å². The van der Waals surface area contributed by atoms with E-state index < -0.39 is 0 Å². The molecule has 0 aliphatic carbocycles. The summed E-state index contributed by atoms with van der Waals surface area (Å²) >= 11 is 0. The number of benzene rings is 1. The molecule has 0 atom stereocenters. The molecule has 3 heterocycles. The van der Waals surface area contributed by atoms with Gasteiger partial charge in [0.2, 0.25) is 0 Å². The molecule has 1 N–H and O–H groups in total. The second-order valence-electron chi connectivity index (χ2n) is 7.04. The number of pyridine rings is 1. The van der Waals surface area contributed by atoms with Crippen LogP contribution in [-0.2, 0) is 4.79 Å². The SMILES string of the molecule is Cc1noc2nc(-c3ccco3)cc(C(=O)Nc3ccc(OCC(=O)N(C)C)cc3)c12. The topological polar surface area (TPSA) is 111 Å². The number of rotatable bonds is 6. The van der Waals surface area contributed by atoms with Crippen molar-refractivity contribution in [2.24, 2.45) is 0 Å². The summed E-state index contributed by atoms with van der Waals surface area (Å²) in [6.07, 6.45) is 1.53. The molecule has 9 nitrogen and oxygen atoms in total. The third-order valence-electron chi connectivity index (χ3n) is 4.61. The quantitative estimate of drug-likeness (QED) is 0.508. The number of likely N-dealkylation sites (N-methyl/N-ethyl adjacent to an activating group) is 1. The van der Waals surface area contributed by atoms with Gasteiger partial charge < -0.3 is 23.9 Å². The Hall–Kier alpha value is -4.14. The maximum absolute atomic E-state index is 13.1. The number of furan rings is 1. The summed E-state index contributed by atoms with van der Waals surface area (Å²) in [4.78, 5) is 30.5. The van der Waals surface area contributed by atoms with Crippen LogP contribution in [-0.4, -0.2) is 47.6 Å². The molecule has 0 aliphatic rings. The summed E-state index contributed by atoms with van der Waals surface area (Å²) in [7, 11) is 3.32. The molecule has 0 radical (unpaired) electrons. The van der Waals surface area contributed by atoms with Crippen LogP contribution < -0.4 is 10.1 Å². The molecular weight excluding hydrogens is 400 g/mol. The zero-order valence-corrected chi connectivity index (χ0v) is 17.2. The number of nitrogens with zero attached hydrogens (tertiary/aromatic N) is 3. The fourth-order valence-electron chi connectivity index (χ4n) is 2.93. The van der Waals surface area contributed by atoms with Gasteiger partial charge in [-0.2, -0.15) is 0 Å². The summed E-state index contributed by atoms with van der Waals surface area (Å²) < 4.78 is 16.1. The minimum Gasteiger partial charge on any atom is -0.484 e. The first-order chi connectivity index (χ1) is 14.9. The van der Waals surface area contributed by atoms with E-state index in [-0.39, 0.29) is 24.1 Å². The monoisotopic (exact) mass is 420 g/mol. The van der Waals surface area contributed by atoms with Gasteiger partial charge in [0.1, 0.15) is 11.4 Å². The predicted molar refractivity (Wildman–Crippen MR) is 113 cm³/mol. The number of carbonyl (C=O) groups excluding carboxylic acids is 2. The van der Waals surface area contributed by atoms with Crippen molar-refractivity contribution in [1.82, 2.24) is 15.0 Å². The van der Waals surface area contributed by atoms with Crippen LogP contribution in [0.5, 0.6) is 5.75 Å². The molecule has 9 heteroatoms. The Morgan fingerprint density at radius 1 is 1.16 bits per heavy atom. The van der Waals surface area contributed by atoms with Crippen LogP contribution in [0.15, 0.2) is 57.7 Å². The van der Waals surface area contributed by atoms with Crippen molar-refractivity contribution >= 4 is 28.6 Å². The van der Waals surface area contributed by atoms with Gasteiger partial charge >= 0.3 is 0 Å². The number of ether oxygens (including phenoxy) is 1. The summed E-state index contributed by atoms with van der Waals surface area (Å²) in [5.74, 6) is 0.548. The average molecular weight is 420 g/mol. The molecule has 2 amide bonds. The van der Waals surface area contributed by atoms with E-state index in [1.807, 2.05) is 0 Å². The first-order valence-corrected chi connectivity index (χ1v) is 9.47. The van der Waals surface area contributed by atoms with E-state index in [0.717, 1.165) is 0 Å². The highest BCUT2D eigenvalue weighted by Crippen LogP contribution is 2.28. The summed E-state index contributed by atoms with van der Waals surface area (Å²) in [6.45, 7) is 1.69. The maximum atomic E-state index is 13.1. The number of hydrogen-bond donors (Lipinski definition) is 1. The second-order valence-corrected chi connectivity index (χ2v) is 7.04. The highest BCUT2D eigenvalue weighted by molar-refractivity contribution is 6.13. The van der Waals surface area contributed by atoms with E-state index >= 15 is 0 Å². The van der Waals surface area contributed by atoms with Gasteiger partial charge in [0, 0.05) is 19.8 Å². The molecule has 0 saturated carbocycles. The molecule has 0 bridgehead atoms. The standard InChI is InChI=1S/C22H20N4O5/c1-13-20-16(11-17(18-5-4-10-29-18)24-22(20)31-25-13)21(28)23-14-6-8-15(9-7-14)30-12-19(27)26(2)3/h4-11H,12H2,1-3H3,(H,23,28). The third kappa shape index (κ3) is 4.25. The van der Waals surface area contributed by atoms with E-state index in [9.17, 15) is 9.59 Å². The number of amides is 2. The van der Waals surface area contributed by atoms with E-state index in [2.05, 4.69) is 15.5 Å². The lowest BCUT2D eigenvalue weighted by molar-refractivity contribution is -0.130. The summed E-state index contributed by atoms with van der Waals surface area (Å²) in [5, 5.41) is 7.32. The highest BCUT2D eigenvalue weighted by atomic mass is 16.5. The molecule has 1 aromatic carbocycles. The van der Waals surface area contributed by atoms with Gasteiger partial charge in [-0.05, 0) is 49.4 Å². The Morgan fingerprint density at radius 2 is 1.94 bits per heavy atom. The minimum absolute atomic E-state index is 0.0595. The average Bonchev–Trinajstić information content (AvgIpc) is 3.42. The molecule has 0 unspecified atom stereocenters. The minimum atomic E-state index is -0.344. The zero-order chi connectivity index (χ0) is 22.0. The molecule has 158 valence electrons. The van der Waals surface area contributed by atoms with Crippen molar-refractivity contribution in [3.05, 3.63) is 60.0 Å². The molecule has 4 aromatic rings. The van der Waals surface area contributed by atoms with Gasteiger partial charge in [-0.15, -0.1) is 0 Å². The molecule has 31 heavy (non-hydrogen) atoms. The lowest BCUT2D eigenvalue weighted by Gasteiger charge is -2.12. The molecular formula is C22H20N4O5. The molecule has 0 spiro atoms. The lowest BCUT2D eigenvalue weighted by atomic mass is 10.1.